The van der Waals surface area contributed by atoms with Gasteiger partial charge in [-0.15, -0.1) is 0 Å². The number of esters is 1. The summed E-state index contributed by atoms with van der Waals surface area (Å²) in [7, 11) is 1.45. The summed E-state index contributed by atoms with van der Waals surface area (Å²) in [6, 6.07) is 7.88. The molecular formula is C14H15BrO2. The van der Waals surface area contributed by atoms with Gasteiger partial charge in [-0.1, -0.05) is 33.6 Å². The zero-order valence-corrected chi connectivity index (χ0v) is 11.8. The minimum Gasteiger partial charge on any atom is -0.468 e. The lowest BCUT2D eigenvalue weighted by atomic mass is 9.94. The van der Waals surface area contributed by atoms with E-state index in [1.54, 1.807) is 0 Å². The van der Waals surface area contributed by atoms with Crippen molar-refractivity contribution in [1.82, 2.24) is 0 Å². The molecule has 0 N–H and O–H groups in total. The largest absolute Gasteiger partial charge is 0.468 e. The Morgan fingerprint density at radius 1 is 1.29 bits per heavy atom. The van der Waals surface area contributed by atoms with Crippen molar-refractivity contribution < 1.29 is 9.53 Å². The van der Waals surface area contributed by atoms with E-state index >= 15 is 0 Å². The van der Waals surface area contributed by atoms with Gasteiger partial charge in [-0.2, -0.15) is 0 Å². The van der Waals surface area contributed by atoms with E-state index in [1.165, 1.54) is 18.3 Å². The Balaban J connectivity index is 2.48. The third-order valence-corrected chi connectivity index (χ3v) is 3.84. The van der Waals surface area contributed by atoms with Crippen LogP contribution >= 0.6 is 15.9 Å². The van der Waals surface area contributed by atoms with Crippen molar-refractivity contribution in [2.45, 2.75) is 25.7 Å². The number of allylic oxidation sites excluding steroid dienone is 1. The molecule has 1 fully saturated rings. The lowest BCUT2D eigenvalue weighted by Gasteiger charge is -2.13. The molecule has 0 spiro atoms. The Kier molecular flexibility index (Phi) is 3.13. The van der Waals surface area contributed by atoms with Crippen LogP contribution < -0.4 is 0 Å². The van der Waals surface area contributed by atoms with Crippen molar-refractivity contribution in [1.29, 1.82) is 0 Å². The number of hydrogen-bond donors (Lipinski definition) is 0. The first-order valence-corrected chi connectivity index (χ1v) is 6.33. The highest BCUT2D eigenvalue weighted by Gasteiger charge is 2.58. The van der Waals surface area contributed by atoms with E-state index in [2.05, 4.69) is 15.9 Å². The van der Waals surface area contributed by atoms with Crippen LogP contribution in [0.15, 0.2) is 39.9 Å². The molecule has 0 aliphatic heterocycles. The molecule has 0 radical (unpaired) electrons. The van der Waals surface area contributed by atoms with E-state index in [4.69, 9.17) is 4.74 Å². The first-order valence-electron chi connectivity index (χ1n) is 5.53. The molecule has 0 bridgehead atoms. The van der Waals surface area contributed by atoms with E-state index in [-0.39, 0.29) is 5.97 Å². The Morgan fingerprint density at radius 2 is 1.88 bits per heavy atom. The molecule has 0 unspecified atom stereocenters. The van der Waals surface area contributed by atoms with Crippen molar-refractivity contribution >= 4 is 21.9 Å². The first-order chi connectivity index (χ1) is 8.02. The predicted octanol–water partition coefficient (Wildman–Crippen LogP) is 3.60. The highest BCUT2D eigenvalue weighted by molar-refractivity contribution is 9.10. The number of benzene rings is 1. The second-order valence-corrected chi connectivity index (χ2v) is 5.47. The average molecular weight is 295 g/mol. The molecule has 1 saturated carbocycles. The Bertz CT molecular complexity index is 483. The molecule has 3 heteroatoms. The fourth-order valence-corrected chi connectivity index (χ4v) is 2.59. The topological polar surface area (TPSA) is 26.3 Å². The van der Waals surface area contributed by atoms with Crippen LogP contribution in [0.4, 0.5) is 0 Å². The average Bonchev–Trinajstić information content (AvgIpc) is 3.06. The zero-order valence-electron chi connectivity index (χ0n) is 10.2. The molecule has 1 aliphatic carbocycles. The van der Waals surface area contributed by atoms with Gasteiger partial charge in [0, 0.05) is 4.47 Å². The number of carbonyl (C=O) groups is 1. The summed E-state index contributed by atoms with van der Waals surface area (Å²) in [6.45, 7) is 4.08. The van der Waals surface area contributed by atoms with Crippen LogP contribution in [-0.2, 0) is 14.9 Å². The molecule has 0 heterocycles. The Morgan fingerprint density at radius 3 is 2.29 bits per heavy atom. The van der Waals surface area contributed by atoms with E-state index < -0.39 is 5.41 Å². The van der Waals surface area contributed by atoms with Gasteiger partial charge in [0.2, 0.25) is 0 Å². The number of hydrogen-bond acceptors (Lipinski definition) is 2. The van der Waals surface area contributed by atoms with Crippen LogP contribution in [-0.4, -0.2) is 13.1 Å². The third-order valence-electron chi connectivity index (χ3n) is 3.31. The number of carbonyl (C=O) groups excluding carboxylic acids is 1. The molecule has 17 heavy (non-hydrogen) atoms. The van der Waals surface area contributed by atoms with Crippen molar-refractivity contribution in [2.75, 3.05) is 7.11 Å². The molecule has 0 saturated heterocycles. The van der Waals surface area contributed by atoms with Crippen LogP contribution in [0.2, 0.25) is 0 Å². The summed E-state index contributed by atoms with van der Waals surface area (Å²) >= 11 is 3.40. The van der Waals surface area contributed by atoms with Gasteiger partial charge in [-0.3, -0.25) is 4.79 Å². The molecule has 1 atom stereocenters. The minimum absolute atomic E-state index is 0.156. The summed E-state index contributed by atoms with van der Waals surface area (Å²) in [5, 5.41) is 0. The predicted molar refractivity (Wildman–Crippen MR) is 70.8 cm³/mol. The fraction of sp³-hybridized carbons (Fsp3) is 0.357. The van der Waals surface area contributed by atoms with Crippen LogP contribution in [0.5, 0.6) is 0 Å². The maximum atomic E-state index is 12.0. The van der Waals surface area contributed by atoms with Gasteiger partial charge < -0.3 is 4.74 Å². The number of halogens is 1. The van der Waals surface area contributed by atoms with E-state index in [0.717, 1.165) is 16.5 Å². The van der Waals surface area contributed by atoms with E-state index in [9.17, 15) is 4.79 Å². The van der Waals surface area contributed by atoms with Crippen molar-refractivity contribution in [3.63, 3.8) is 0 Å². The molecule has 90 valence electrons. The summed E-state index contributed by atoms with van der Waals surface area (Å²) in [4.78, 5) is 12.0. The lowest BCUT2D eigenvalue weighted by molar-refractivity contribution is -0.143. The quantitative estimate of drug-likeness (QED) is 0.615. The maximum Gasteiger partial charge on any atom is 0.320 e. The Hall–Kier alpha value is -1.09. The smallest absolute Gasteiger partial charge is 0.320 e. The van der Waals surface area contributed by atoms with Crippen LogP contribution in [0.25, 0.3) is 0 Å². The monoisotopic (exact) mass is 294 g/mol. The zero-order chi connectivity index (χ0) is 12.6. The van der Waals surface area contributed by atoms with Crippen molar-refractivity contribution in [3.05, 3.63) is 45.4 Å². The van der Waals surface area contributed by atoms with Gasteiger partial charge in [-0.05, 0) is 43.5 Å². The van der Waals surface area contributed by atoms with Gasteiger partial charge in [0.1, 0.15) is 5.41 Å². The molecule has 0 aromatic heterocycles. The van der Waals surface area contributed by atoms with Crippen LogP contribution in [0.3, 0.4) is 0 Å². The highest BCUT2D eigenvalue weighted by Crippen LogP contribution is 2.56. The van der Waals surface area contributed by atoms with Crippen molar-refractivity contribution in [3.8, 4) is 0 Å². The molecule has 2 rings (SSSR count). The lowest BCUT2D eigenvalue weighted by Crippen LogP contribution is -2.22. The highest BCUT2D eigenvalue weighted by atomic mass is 79.9. The molecule has 2 nitrogen and oxygen atoms in total. The fourth-order valence-electron chi connectivity index (χ4n) is 2.32. The van der Waals surface area contributed by atoms with E-state index in [0.29, 0.717) is 0 Å². The van der Waals surface area contributed by atoms with Gasteiger partial charge in [0.15, 0.2) is 0 Å². The summed E-state index contributed by atoms with van der Waals surface area (Å²) < 4.78 is 5.97. The Labute approximate surface area is 110 Å². The second-order valence-electron chi connectivity index (χ2n) is 4.56. The van der Waals surface area contributed by atoms with Crippen LogP contribution in [0.1, 0.15) is 25.8 Å². The standard InChI is InChI=1S/C14H15BrO2/c1-9(2)12-8-14(12,13(16)17-3)10-4-6-11(15)7-5-10/h4-7H,8H2,1-3H3/t14-/m0/s1. The molecule has 0 amide bonds. The number of ether oxygens (including phenoxy) is 1. The minimum atomic E-state index is -0.520. The molecule has 1 aromatic carbocycles. The maximum absolute atomic E-state index is 12.0. The number of rotatable bonds is 2. The summed E-state index contributed by atoms with van der Waals surface area (Å²) in [5.41, 5.74) is 2.89. The number of methoxy groups -OCH3 is 1. The van der Waals surface area contributed by atoms with E-state index in [1.807, 2.05) is 38.1 Å². The molecular weight excluding hydrogens is 280 g/mol. The molecule has 1 aliphatic rings. The molecule has 1 aromatic rings. The summed E-state index contributed by atoms with van der Waals surface area (Å²) in [6.07, 6.45) is 0.781. The first kappa shape index (κ1) is 12.4. The van der Waals surface area contributed by atoms with Gasteiger partial charge in [0.25, 0.3) is 0 Å². The third kappa shape index (κ3) is 1.93. The van der Waals surface area contributed by atoms with Gasteiger partial charge >= 0.3 is 5.97 Å². The van der Waals surface area contributed by atoms with Crippen LogP contribution in [0, 0.1) is 0 Å². The second kappa shape index (κ2) is 4.30. The summed E-state index contributed by atoms with van der Waals surface area (Å²) in [5.74, 6) is -0.156. The van der Waals surface area contributed by atoms with Gasteiger partial charge in [0.05, 0.1) is 7.11 Å². The normalized spacial score (nSPS) is 22.2. The van der Waals surface area contributed by atoms with Crippen molar-refractivity contribution in [2.24, 2.45) is 0 Å². The SMILES string of the molecule is COC(=O)[C@]1(c2ccc(Br)cc2)CC1=C(C)C. The van der Waals surface area contributed by atoms with Gasteiger partial charge in [-0.25, -0.2) is 0 Å².